The van der Waals surface area contributed by atoms with Gasteiger partial charge in [-0.15, -0.1) is 0 Å². The molecular formula is C11H20N2O. The van der Waals surface area contributed by atoms with E-state index >= 15 is 0 Å². The predicted molar refractivity (Wildman–Crippen MR) is 55.7 cm³/mol. The van der Waals surface area contributed by atoms with Crippen molar-refractivity contribution in [3.05, 3.63) is 0 Å². The fourth-order valence-electron chi connectivity index (χ4n) is 3.09. The fraction of sp³-hybridized carbons (Fsp3) is 0.909. The van der Waals surface area contributed by atoms with Gasteiger partial charge in [0.05, 0.1) is 6.04 Å². The molecule has 0 radical (unpaired) electrons. The number of carbonyl (C=O) groups is 1. The zero-order chi connectivity index (χ0) is 10.1. The average molecular weight is 196 g/mol. The molecule has 2 N–H and O–H groups in total. The van der Waals surface area contributed by atoms with Gasteiger partial charge in [-0.05, 0) is 38.6 Å². The maximum atomic E-state index is 11.1. The van der Waals surface area contributed by atoms with Gasteiger partial charge in [0.15, 0.2) is 0 Å². The van der Waals surface area contributed by atoms with Gasteiger partial charge in [-0.2, -0.15) is 0 Å². The van der Waals surface area contributed by atoms with Crippen molar-refractivity contribution in [2.75, 3.05) is 6.54 Å². The van der Waals surface area contributed by atoms with E-state index in [0.29, 0.717) is 6.04 Å². The maximum absolute atomic E-state index is 11.1. The van der Waals surface area contributed by atoms with E-state index in [1.165, 1.54) is 32.1 Å². The number of hydrogen-bond donors (Lipinski definition) is 1. The quantitative estimate of drug-likeness (QED) is 0.719. The van der Waals surface area contributed by atoms with Gasteiger partial charge in [-0.1, -0.05) is 12.8 Å². The lowest BCUT2D eigenvalue weighted by molar-refractivity contribution is -0.123. The number of likely N-dealkylation sites (tertiary alicyclic amines) is 1. The highest BCUT2D eigenvalue weighted by atomic mass is 16.1. The molecule has 2 rings (SSSR count). The van der Waals surface area contributed by atoms with Crippen molar-refractivity contribution in [2.24, 2.45) is 11.7 Å². The van der Waals surface area contributed by atoms with Crippen LogP contribution in [0.4, 0.5) is 0 Å². The Hall–Kier alpha value is -0.570. The van der Waals surface area contributed by atoms with E-state index in [0.717, 1.165) is 12.5 Å². The Morgan fingerprint density at radius 2 is 2.07 bits per heavy atom. The van der Waals surface area contributed by atoms with E-state index in [1.807, 2.05) is 6.92 Å². The first-order valence-electron chi connectivity index (χ1n) is 5.75. The molecule has 0 spiro atoms. The number of fused-ring (bicyclic) bond motifs is 1. The maximum Gasteiger partial charge on any atom is 0.234 e. The molecule has 2 aliphatic rings. The molecule has 3 unspecified atom stereocenters. The normalized spacial score (nSPS) is 35.2. The van der Waals surface area contributed by atoms with Crippen molar-refractivity contribution in [3.63, 3.8) is 0 Å². The van der Waals surface area contributed by atoms with Crippen molar-refractivity contribution in [1.29, 1.82) is 0 Å². The molecule has 1 saturated carbocycles. The zero-order valence-corrected chi connectivity index (χ0v) is 8.91. The van der Waals surface area contributed by atoms with Crippen molar-refractivity contribution in [2.45, 2.75) is 51.1 Å². The molecule has 14 heavy (non-hydrogen) atoms. The minimum Gasteiger partial charge on any atom is -0.368 e. The number of hydrogen-bond acceptors (Lipinski definition) is 2. The Morgan fingerprint density at radius 1 is 1.36 bits per heavy atom. The molecule has 0 bridgehead atoms. The third-order valence-electron chi connectivity index (χ3n) is 3.96. The Labute approximate surface area is 85.6 Å². The SMILES string of the molecule is CC(C(N)=O)N1CCC2CCCCC21. The summed E-state index contributed by atoms with van der Waals surface area (Å²) in [5.74, 6) is 0.668. The summed E-state index contributed by atoms with van der Waals surface area (Å²) in [6.45, 7) is 3.01. The highest BCUT2D eigenvalue weighted by molar-refractivity contribution is 5.79. The molecule has 1 aliphatic carbocycles. The summed E-state index contributed by atoms with van der Waals surface area (Å²) in [4.78, 5) is 13.5. The van der Waals surface area contributed by atoms with Crippen LogP contribution in [0.1, 0.15) is 39.0 Å². The van der Waals surface area contributed by atoms with Crippen molar-refractivity contribution < 1.29 is 4.79 Å². The minimum absolute atomic E-state index is 0.0666. The molecule has 3 heteroatoms. The largest absolute Gasteiger partial charge is 0.368 e. The third-order valence-corrected chi connectivity index (χ3v) is 3.96. The topological polar surface area (TPSA) is 46.3 Å². The first-order valence-corrected chi connectivity index (χ1v) is 5.75. The Balaban J connectivity index is 2.03. The molecule has 3 nitrogen and oxygen atoms in total. The molecular weight excluding hydrogens is 176 g/mol. The number of amides is 1. The van der Waals surface area contributed by atoms with E-state index in [1.54, 1.807) is 0 Å². The minimum atomic E-state index is -0.170. The van der Waals surface area contributed by atoms with Crippen LogP contribution in [0.15, 0.2) is 0 Å². The monoisotopic (exact) mass is 196 g/mol. The van der Waals surface area contributed by atoms with Gasteiger partial charge in [0.2, 0.25) is 5.91 Å². The van der Waals surface area contributed by atoms with E-state index in [-0.39, 0.29) is 11.9 Å². The van der Waals surface area contributed by atoms with Crippen molar-refractivity contribution in [3.8, 4) is 0 Å². The molecule has 80 valence electrons. The Kier molecular flexibility index (Phi) is 2.77. The predicted octanol–water partition coefficient (Wildman–Crippen LogP) is 1.12. The molecule has 1 heterocycles. The van der Waals surface area contributed by atoms with Crippen LogP contribution in [0.5, 0.6) is 0 Å². The van der Waals surface area contributed by atoms with Crippen LogP contribution in [-0.4, -0.2) is 29.4 Å². The Morgan fingerprint density at radius 3 is 2.79 bits per heavy atom. The van der Waals surface area contributed by atoms with Crippen molar-refractivity contribution in [1.82, 2.24) is 4.90 Å². The van der Waals surface area contributed by atoms with Gasteiger partial charge in [-0.3, -0.25) is 9.69 Å². The van der Waals surface area contributed by atoms with E-state index < -0.39 is 0 Å². The standard InChI is InChI=1S/C11H20N2O/c1-8(11(12)14)13-7-6-9-4-2-3-5-10(9)13/h8-10H,2-7H2,1H3,(H2,12,14). The van der Waals surface area contributed by atoms with Crippen LogP contribution in [0.25, 0.3) is 0 Å². The van der Waals surface area contributed by atoms with Crippen LogP contribution in [-0.2, 0) is 4.79 Å². The van der Waals surface area contributed by atoms with Crippen LogP contribution in [0, 0.1) is 5.92 Å². The number of nitrogens with zero attached hydrogens (tertiary/aromatic N) is 1. The number of nitrogens with two attached hydrogens (primary N) is 1. The van der Waals surface area contributed by atoms with Gasteiger partial charge in [0.25, 0.3) is 0 Å². The van der Waals surface area contributed by atoms with E-state index in [4.69, 9.17) is 5.73 Å². The third kappa shape index (κ3) is 1.65. The molecule has 1 aliphatic heterocycles. The summed E-state index contributed by atoms with van der Waals surface area (Å²) in [6.07, 6.45) is 6.58. The molecule has 1 amide bonds. The molecule has 2 fully saturated rings. The fourth-order valence-corrected chi connectivity index (χ4v) is 3.09. The number of rotatable bonds is 2. The van der Waals surface area contributed by atoms with Crippen LogP contribution in [0.3, 0.4) is 0 Å². The van der Waals surface area contributed by atoms with Gasteiger partial charge in [0, 0.05) is 6.04 Å². The highest BCUT2D eigenvalue weighted by Gasteiger charge is 2.38. The Bertz CT molecular complexity index is 229. The smallest absolute Gasteiger partial charge is 0.234 e. The molecule has 0 aromatic heterocycles. The van der Waals surface area contributed by atoms with Crippen LogP contribution >= 0.6 is 0 Å². The molecule has 1 saturated heterocycles. The second kappa shape index (κ2) is 3.89. The van der Waals surface area contributed by atoms with Gasteiger partial charge in [0.1, 0.15) is 0 Å². The van der Waals surface area contributed by atoms with E-state index in [2.05, 4.69) is 4.90 Å². The number of primary amides is 1. The second-order valence-corrected chi connectivity index (χ2v) is 4.72. The average Bonchev–Trinajstić information content (AvgIpc) is 2.60. The summed E-state index contributed by atoms with van der Waals surface area (Å²) in [7, 11) is 0. The first-order chi connectivity index (χ1) is 6.70. The summed E-state index contributed by atoms with van der Waals surface area (Å²) >= 11 is 0. The summed E-state index contributed by atoms with van der Waals surface area (Å²) in [5.41, 5.74) is 5.36. The lowest BCUT2D eigenvalue weighted by atomic mass is 9.85. The summed E-state index contributed by atoms with van der Waals surface area (Å²) in [6, 6.07) is 0.578. The van der Waals surface area contributed by atoms with Gasteiger partial charge in [-0.25, -0.2) is 0 Å². The lowest BCUT2D eigenvalue weighted by Crippen LogP contribution is -2.47. The molecule has 0 aromatic rings. The van der Waals surface area contributed by atoms with Gasteiger partial charge < -0.3 is 5.73 Å². The van der Waals surface area contributed by atoms with E-state index in [9.17, 15) is 4.79 Å². The summed E-state index contributed by atoms with van der Waals surface area (Å²) < 4.78 is 0. The highest BCUT2D eigenvalue weighted by Crippen LogP contribution is 2.36. The first kappa shape index (κ1) is 9.97. The van der Waals surface area contributed by atoms with Gasteiger partial charge >= 0.3 is 0 Å². The molecule has 3 atom stereocenters. The van der Waals surface area contributed by atoms with Crippen molar-refractivity contribution >= 4 is 5.91 Å². The second-order valence-electron chi connectivity index (χ2n) is 4.72. The lowest BCUT2D eigenvalue weighted by Gasteiger charge is -2.34. The van der Waals surface area contributed by atoms with Crippen LogP contribution < -0.4 is 5.73 Å². The summed E-state index contributed by atoms with van der Waals surface area (Å²) in [5, 5.41) is 0. The van der Waals surface area contributed by atoms with Crippen LogP contribution in [0.2, 0.25) is 0 Å². The number of carbonyl (C=O) groups excluding carboxylic acids is 1. The zero-order valence-electron chi connectivity index (χ0n) is 8.91. The molecule has 0 aromatic carbocycles.